The Hall–Kier alpha value is -5.05. The molecule has 1 aliphatic rings. The van der Waals surface area contributed by atoms with Gasteiger partial charge in [0.05, 0.1) is 12.1 Å². The zero-order valence-electron chi connectivity index (χ0n) is 22.1. The van der Waals surface area contributed by atoms with E-state index in [0.717, 1.165) is 23.1 Å². The predicted molar refractivity (Wildman–Crippen MR) is 154 cm³/mol. The maximum absolute atomic E-state index is 12.3. The molecule has 0 fully saturated rings. The average molecular weight is 536 g/mol. The Morgan fingerprint density at radius 3 is 2.48 bits per heavy atom. The maximum atomic E-state index is 12.3. The van der Waals surface area contributed by atoms with E-state index in [9.17, 15) is 4.79 Å². The molecule has 2 N–H and O–H groups in total. The molecule has 5 aromatic rings. The highest BCUT2D eigenvalue weighted by Gasteiger charge is 2.21. The lowest BCUT2D eigenvalue weighted by molar-refractivity contribution is 0.168. The van der Waals surface area contributed by atoms with Crippen LogP contribution in [0.1, 0.15) is 18.1 Å². The Bertz CT molecular complexity index is 1620. The molecule has 2 aromatic heterocycles. The number of nitrogens with zero attached hydrogens (tertiary/aromatic N) is 3. The number of benzene rings is 3. The fourth-order valence-electron chi connectivity index (χ4n) is 4.71. The minimum atomic E-state index is -0.560. The van der Waals surface area contributed by atoms with Gasteiger partial charge in [-0.25, -0.2) is 14.8 Å². The number of aromatic nitrogens is 3. The number of rotatable bonds is 9. The Labute approximate surface area is 231 Å². The third kappa shape index (κ3) is 5.54. The molecule has 0 unspecified atom stereocenters. The van der Waals surface area contributed by atoms with E-state index in [1.54, 1.807) is 13.0 Å². The summed E-state index contributed by atoms with van der Waals surface area (Å²) in [7, 11) is 0. The monoisotopic (exact) mass is 535 g/mol. The van der Waals surface area contributed by atoms with Crippen molar-refractivity contribution in [3.8, 4) is 22.9 Å². The van der Waals surface area contributed by atoms with Gasteiger partial charge in [0.1, 0.15) is 17.2 Å². The molecule has 0 bridgehead atoms. The lowest BCUT2D eigenvalue weighted by Crippen LogP contribution is -2.27. The number of nitrogens with one attached hydrogen (secondary N) is 2. The van der Waals surface area contributed by atoms with Gasteiger partial charge in [-0.05, 0) is 42.7 Å². The normalized spacial score (nSPS) is 11.9. The zero-order valence-corrected chi connectivity index (χ0v) is 22.1. The van der Waals surface area contributed by atoms with E-state index in [2.05, 4.69) is 39.5 Å². The zero-order chi connectivity index (χ0) is 27.3. The Balaban J connectivity index is 1.43. The van der Waals surface area contributed by atoms with Crippen molar-refractivity contribution in [2.24, 2.45) is 0 Å². The molecule has 3 heterocycles. The number of anilines is 2. The second-order valence-corrected chi connectivity index (χ2v) is 9.37. The lowest BCUT2D eigenvalue weighted by Gasteiger charge is -2.25. The Morgan fingerprint density at radius 2 is 1.70 bits per heavy atom. The quantitative estimate of drug-likeness (QED) is 0.233. The van der Waals surface area contributed by atoms with Gasteiger partial charge in [0.15, 0.2) is 17.3 Å². The second kappa shape index (κ2) is 11.4. The summed E-state index contributed by atoms with van der Waals surface area (Å²) in [6, 6.07) is 28.1. The number of aromatic amines is 1. The average Bonchev–Trinajstić information content (AvgIpc) is 3.63. The van der Waals surface area contributed by atoms with E-state index in [1.807, 2.05) is 54.6 Å². The molecule has 6 rings (SSSR count). The van der Waals surface area contributed by atoms with Gasteiger partial charge >= 0.3 is 6.09 Å². The number of carbonyl (C=O) groups is 1. The number of hydrogen-bond donors (Lipinski definition) is 2. The molecule has 9 heteroatoms. The molecule has 0 saturated carbocycles. The van der Waals surface area contributed by atoms with Crippen molar-refractivity contribution >= 4 is 28.8 Å². The highest BCUT2D eigenvalue weighted by molar-refractivity contribution is 5.94. The second-order valence-electron chi connectivity index (χ2n) is 9.37. The van der Waals surface area contributed by atoms with Crippen molar-refractivity contribution < 1.29 is 19.0 Å². The molecule has 0 radical (unpaired) electrons. The van der Waals surface area contributed by atoms with Crippen LogP contribution >= 0.6 is 0 Å². The summed E-state index contributed by atoms with van der Waals surface area (Å²) in [6.45, 7) is 3.53. The molecule has 202 valence electrons. The van der Waals surface area contributed by atoms with Gasteiger partial charge < -0.3 is 24.1 Å². The first kappa shape index (κ1) is 25.2. The largest absolute Gasteiger partial charge is 0.454 e. The van der Waals surface area contributed by atoms with Crippen LogP contribution in [-0.2, 0) is 17.7 Å². The van der Waals surface area contributed by atoms with Crippen LogP contribution in [0.3, 0.4) is 0 Å². The number of carbonyl (C=O) groups excluding carboxylic acids is 1. The number of hydrogen-bond acceptors (Lipinski definition) is 7. The van der Waals surface area contributed by atoms with Crippen molar-refractivity contribution in [2.75, 3.05) is 30.2 Å². The van der Waals surface area contributed by atoms with Crippen molar-refractivity contribution in [2.45, 2.75) is 19.9 Å². The van der Waals surface area contributed by atoms with E-state index in [0.29, 0.717) is 47.6 Å². The summed E-state index contributed by atoms with van der Waals surface area (Å²) < 4.78 is 16.2. The van der Waals surface area contributed by atoms with Gasteiger partial charge in [0.25, 0.3) is 0 Å². The van der Waals surface area contributed by atoms with Crippen molar-refractivity contribution in [3.05, 3.63) is 96.1 Å². The van der Waals surface area contributed by atoms with Gasteiger partial charge in [0, 0.05) is 24.7 Å². The number of H-pyrrole nitrogens is 1. The Kier molecular flexibility index (Phi) is 7.17. The summed E-state index contributed by atoms with van der Waals surface area (Å²) >= 11 is 0. The van der Waals surface area contributed by atoms with Crippen LogP contribution in [0.5, 0.6) is 11.5 Å². The van der Waals surface area contributed by atoms with Crippen LogP contribution in [-0.4, -0.2) is 41.0 Å². The smallest absolute Gasteiger partial charge is 0.412 e. The van der Waals surface area contributed by atoms with Gasteiger partial charge in [-0.2, -0.15) is 0 Å². The Morgan fingerprint density at radius 1 is 0.950 bits per heavy atom. The fourth-order valence-corrected chi connectivity index (χ4v) is 4.71. The first-order chi connectivity index (χ1) is 19.7. The highest BCUT2D eigenvalue weighted by atomic mass is 16.7. The SMILES string of the molecule is CCOC(=O)Nc1cc2[nH]c(-c3ccc4c(c3)OCO4)nc2c(N(CCc2ccccc2)Cc2ccccc2)n1. The predicted octanol–water partition coefficient (Wildman–Crippen LogP) is 6.17. The van der Waals surface area contributed by atoms with E-state index >= 15 is 0 Å². The third-order valence-electron chi connectivity index (χ3n) is 6.63. The van der Waals surface area contributed by atoms with Crippen molar-refractivity contribution in [3.63, 3.8) is 0 Å². The minimum Gasteiger partial charge on any atom is -0.454 e. The molecule has 0 aliphatic carbocycles. The van der Waals surface area contributed by atoms with Crippen molar-refractivity contribution in [1.29, 1.82) is 0 Å². The van der Waals surface area contributed by atoms with Crippen molar-refractivity contribution in [1.82, 2.24) is 15.0 Å². The molecular formula is C31H29N5O4. The van der Waals surface area contributed by atoms with E-state index in [-0.39, 0.29) is 13.4 Å². The van der Waals surface area contributed by atoms with Crippen LogP contribution in [0.4, 0.5) is 16.4 Å². The fraction of sp³-hybridized carbons (Fsp3) is 0.194. The molecule has 3 aromatic carbocycles. The maximum Gasteiger partial charge on any atom is 0.412 e. The van der Waals surface area contributed by atoms with Crippen LogP contribution in [0.25, 0.3) is 22.4 Å². The molecular weight excluding hydrogens is 506 g/mol. The third-order valence-corrected chi connectivity index (χ3v) is 6.63. The summed E-state index contributed by atoms with van der Waals surface area (Å²) in [5.74, 6) is 3.08. The van der Waals surface area contributed by atoms with E-state index in [1.165, 1.54) is 5.56 Å². The molecule has 0 spiro atoms. The number of pyridine rings is 1. The number of ether oxygens (including phenoxy) is 3. The van der Waals surface area contributed by atoms with E-state index in [4.69, 9.17) is 24.2 Å². The van der Waals surface area contributed by atoms with Gasteiger partial charge in [-0.3, -0.25) is 5.32 Å². The van der Waals surface area contributed by atoms with Crippen LogP contribution in [0, 0.1) is 0 Å². The number of amides is 1. The van der Waals surface area contributed by atoms with Gasteiger partial charge in [0.2, 0.25) is 6.79 Å². The number of imidazole rings is 1. The molecule has 1 amide bonds. The highest BCUT2D eigenvalue weighted by Crippen LogP contribution is 2.37. The standard InChI is InChI=1S/C31H29N5O4/c1-2-38-31(37)34-27-18-24-28(35-29(32-24)23-13-14-25-26(17-23)40-20-39-25)30(33-27)36(19-22-11-7-4-8-12-22)16-15-21-9-5-3-6-10-21/h3-14,17-18H,2,15-16,19-20H2,1H3,(H,32,35)(H,33,34,37). The summed E-state index contributed by atoms with van der Waals surface area (Å²) in [4.78, 5) is 27.8. The van der Waals surface area contributed by atoms with Crippen LogP contribution in [0.2, 0.25) is 0 Å². The van der Waals surface area contributed by atoms with Gasteiger partial charge in [-0.15, -0.1) is 0 Å². The molecule has 0 saturated heterocycles. The molecule has 40 heavy (non-hydrogen) atoms. The summed E-state index contributed by atoms with van der Waals surface area (Å²) in [5.41, 5.74) is 4.65. The molecule has 0 atom stereocenters. The van der Waals surface area contributed by atoms with Gasteiger partial charge in [-0.1, -0.05) is 60.7 Å². The molecule has 9 nitrogen and oxygen atoms in total. The first-order valence-electron chi connectivity index (χ1n) is 13.2. The summed E-state index contributed by atoms with van der Waals surface area (Å²) in [5, 5.41) is 2.77. The van der Waals surface area contributed by atoms with E-state index < -0.39 is 6.09 Å². The summed E-state index contributed by atoms with van der Waals surface area (Å²) in [6.07, 6.45) is 0.251. The number of fused-ring (bicyclic) bond motifs is 2. The first-order valence-corrected chi connectivity index (χ1v) is 13.2. The minimum absolute atomic E-state index is 0.200. The molecule has 1 aliphatic heterocycles. The van der Waals surface area contributed by atoms with Crippen LogP contribution in [0.15, 0.2) is 84.9 Å². The lowest BCUT2D eigenvalue weighted by atomic mass is 10.1. The topological polar surface area (TPSA) is 102 Å². The van der Waals surface area contributed by atoms with Crippen LogP contribution < -0.4 is 19.7 Å².